The first-order valence-electron chi connectivity index (χ1n) is 6.33. The van der Waals surface area contributed by atoms with Crippen LogP contribution in [0.1, 0.15) is 32.1 Å². The van der Waals surface area contributed by atoms with Crippen LogP contribution in [0, 0.1) is 5.41 Å². The number of hydrogen-bond acceptors (Lipinski definition) is 2. The lowest BCUT2D eigenvalue weighted by Gasteiger charge is -2.26. The molecule has 1 aromatic rings. The van der Waals surface area contributed by atoms with Crippen molar-refractivity contribution in [1.29, 1.82) is 0 Å². The second kappa shape index (κ2) is 5.87. The van der Waals surface area contributed by atoms with E-state index < -0.39 is 0 Å². The predicted molar refractivity (Wildman–Crippen MR) is 74.2 cm³/mol. The SMILES string of the molecule is NCC1(CCOc2ccc(Br)cc2)CCCC1. The van der Waals surface area contributed by atoms with E-state index in [1.54, 1.807) is 0 Å². The zero-order valence-corrected chi connectivity index (χ0v) is 11.7. The van der Waals surface area contributed by atoms with Gasteiger partial charge in [0.05, 0.1) is 6.61 Å². The van der Waals surface area contributed by atoms with Gasteiger partial charge in [0.2, 0.25) is 0 Å². The molecule has 94 valence electrons. The van der Waals surface area contributed by atoms with Crippen LogP contribution in [0.4, 0.5) is 0 Å². The van der Waals surface area contributed by atoms with Crippen LogP contribution in [-0.4, -0.2) is 13.2 Å². The van der Waals surface area contributed by atoms with Crippen LogP contribution in [0.5, 0.6) is 5.75 Å². The monoisotopic (exact) mass is 297 g/mol. The van der Waals surface area contributed by atoms with Crippen molar-refractivity contribution in [3.8, 4) is 5.75 Å². The molecule has 0 atom stereocenters. The minimum absolute atomic E-state index is 0.357. The van der Waals surface area contributed by atoms with E-state index in [1.807, 2.05) is 24.3 Å². The summed E-state index contributed by atoms with van der Waals surface area (Å²) in [5.41, 5.74) is 6.26. The Morgan fingerprint density at radius 3 is 2.41 bits per heavy atom. The molecule has 0 radical (unpaired) electrons. The van der Waals surface area contributed by atoms with E-state index in [9.17, 15) is 0 Å². The molecule has 1 aromatic carbocycles. The predicted octanol–water partition coefficient (Wildman–Crippen LogP) is 3.74. The van der Waals surface area contributed by atoms with Crippen LogP contribution in [0.3, 0.4) is 0 Å². The van der Waals surface area contributed by atoms with E-state index in [0.29, 0.717) is 5.41 Å². The second-order valence-electron chi connectivity index (χ2n) is 4.96. The minimum Gasteiger partial charge on any atom is -0.494 e. The number of hydrogen-bond donors (Lipinski definition) is 1. The van der Waals surface area contributed by atoms with Gasteiger partial charge in [-0.3, -0.25) is 0 Å². The zero-order chi connectivity index (χ0) is 12.1. The summed E-state index contributed by atoms with van der Waals surface area (Å²) in [7, 11) is 0. The highest BCUT2D eigenvalue weighted by molar-refractivity contribution is 9.10. The van der Waals surface area contributed by atoms with Crippen molar-refractivity contribution in [1.82, 2.24) is 0 Å². The molecule has 1 aliphatic rings. The van der Waals surface area contributed by atoms with Gasteiger partial charge in [-0.05, 0) is 55.5 Å². The van der Waals surface area contributed by atoms with Crippen LogP contribution < -0.4 is 10.5 Å². The largest absolute Gasteiger partial charge is 0.494 e. The highest BCUT2D eigenvalue weighted by Gasteiger charge is 2.31. The summed E-state index contributed by atoms with van der Waals surface area (Å²) in [6, 6.07) is 7.99. The molecule has 0 unspecified atom stereocenters. The van der Waals surface area contributed by atoms with Gasteiger partial charge in [-0.2, -0.15) is 0 Å². The molecule has 0 spiro atoms. The van der Waals surface area contributed by atoms with Crippen LogP contribution in [0.25, 0.3) is 0 Å². The molecular weight excluding hydrogens is 278 g/mol. The van der Waals surface area contributed by atoms with Crippen LogP contribution in [0.15, 0.2) is 28.7 Å². The topological polar surface area (TPSA) is 35.2 Å². The molecule has 2 rings (SSSR count). The highest BCUT2D eigenvalue weighted by Crippen LogP contribution is 2.40. The van der Waals surface area contributed by atoms with Crippen molar-refractivity contribution in [2.75, 3.05) is 13.2 Å². The van der Waals surface area contributed by atoms with Gasteiger partial charge in [0.25, 0.3) is 0 Å². The molecule has 2 N–H and O–H groups in total. The lowest BCUT2D eigenvalue weighted by molar-refractivity contribution is 0.204. The fourth-order valence-electron chi connectivity index (χ4n) is 2.60. The standard InChI is InChI=1S/C14H20BrNO/c15-12-3-5-13(6-4-12)17-10-9-14(11-16)7-1-2-8-14/h3-6H,1-2,7-11,16H2. The molecule has 0 aliphatic heterocycles. The van der Waals surface area contributed by atoms with Gasteiger partial charge < -0.3 is 10.5 Å². The van der Waals surface area contributed by atoms with Gasteiger partial charge in [-0.25, -0.2) is 0 Å². The summed E-state index contributed by atoms with van der Waals surface area (Å²) < 4.78 is 6.86. The highest BCUT2D eigenvalue weighted by atomic mass is 79.9. The Hall–Kier alpha value is -0.540. The smallest absolute Gasteiger partial charge is 0.119 e. The third-order valence-corrected chi connectivity index (χ3v) is 4.34. The van der Waals surface area contributed by atoms with E-state index >= 15 is 0 Å². The first kappa shape index (κ1) is 12.9. The minimum atomic E-state index is 0.357. The fourth-order valence-corrected chi connectivity index (χ4v) is 2.86. The third-order valence-electron chi connectivity index (χ3n) is 3.81. The van der Waals surface area contributed by atoms with E-state index in [-0.39, 0.29) is 0 Å². The molecule has 3 heteroatoms. The number of halogens is 1. The molecule has 0 saturated heterocycles. The molecule has 2 nitrogen and oxygen atoms in total. The van der Waals surface area contributed by atoms with Crippen LogP contribution in [-0.2, 0) is 0 Å². The van der Waals surface area contributed by atoms with Gasteiger partial charge >= 0.3 is 0 Å². The van der Waals surface area contributed by atoms with E-state index in [1.165, 1.54) is 25.7 Å². The van der Waals surface area contributed by atoms with Crippen LogP contribution in [0.2, 0.25) is 0 Å². The summed E-state index contributed by atoms with van der Waals surface area (Å²) in [5.74, 6) is 0.943. The van der Waals surface area contributed by atoms with Gasteiger partial charge in [0.1, 0.15) is 5.75 Å². The number of benzene rings is 1. The van der Waals surface area contributed by atoms with Gasteiger partial charge in [0.15, 0.2) is 0 Å². The van der Waals surface area contributed by atoms with Crippen molar-refractivity contribution in [2.45, 2.75) is 32.1 Å². The third kappa shape index (κ3) is 3.46. The molecule has 1 aliphatic carbocycles. The Bertz CT molecular complexity index is 344. The van der Waals surface area contributed by atoms with Crippen molar-refractivity contribution < 1.29 is 4.74 Å². The maximum absolute atomic E-state index is 5.91. The lowest BCUT2D eigenvalue weighted by Crippen LogP contribution is -2.29. The van der Waals surface area contributed by atoms with Gasteiger partial charge in [-0.1, -0.05) is 28.8 Å². The number of rotatable bonds is 5. The fraction of sp³-hybridized carbons (Fsp3) is 0.571. The first-order chi connectivity index (χ1) is 8.24. The lowest BCUT2D eigenvalue weighted by atomic mass is 9.83. The van der Waals surface area contributed by atoms with E-state index in [2.05, 4.69) is 15.9 Å². The molecule has 0 amide bonds. The molecule has 0 bridgehead atoms. The van der Waals surface area contributed by atoms with Crippen molar-refractivity contribution in [3.63, 3.8) is 0 Å². The molecule has 1 saturated carbocycles. The maximum Gasteiger partial charge on any atom is 0.119 e. The van der Waals surface area contributed by atoms with E-state index in [4.69, 9.17) is 10.5 Å². The quantitative estimate of drug-likeness (QED) is 0.899. The summed E-state index contributed by atoms with van der Waals surface area (Å²) in [4.78, 5) is 0. The number of ether oxygens (including phenoxy) is 1. The summed E-state index contributed by atoms with van der Waals surface area (Å²) >= 11 is 3.42. The molecule has 0 heterocycles. The van der Waals surface area contributed by atoms with Crippen molar-refractivity contribution in [3.05, 3.63) is 28.7 Å². The van der Waals surface area contributed by atoms with Gasteiger partial charge in [-0.15, -0.1) is 0 Å². The Morgan fingerprint density at radius 1 is 1.18 bits per heavy atom. The maximum atomic E-state index is 5.91. The molecule has 17 heavy (non-hydrogen) atoms. The zero-order valence-electron chi connectivity index (χ0n) is 10.1. The Kier molecular flexibility index (Phi) is 4.46. The second-order valence-corrected chi connectivity index (χ2v) is 5.88. The van der Waals surface area contributed by atoms with E-state index in [0.717, 1.165) is 29.8 Å². The number of nitrogens with two attached hydrogens (primary N) is 1. The Morgan fingerprint density at radius 2 is 1.82 bits per heavy atom. The summed E-state index contributed by atoms with van der Waals surface area (Å²) in [5, 5.41) is 0. The van der Waals surface area contributed by atoms with Crippen molar-refractivity contribution >= 4 is 15.9 Å². The Balaban J connectivity index is 1.80. The van der Waals surface area contributed by atoms with Gasteiger partial charge in [0, 0.05) is 4.47 Å². The molecular formula is C14H20BrNO. The first-order valence-corrected chi connectivity index (χ1v) is 7.12. The average molecular weight is 298 g/mol. The molecule has 1 fully saturated rings. The summed E-state index contributed by atoms with van der Waals surface area (Å²) in [6.07, 6.45) is 6.28. The summed E-state index contributed by atoms with van der Waals surface area (Å²) in [6.45, 7) is 1.58. The van der Waals surface area contributed by atoms with Crippen LogP contribution >= 0.6 is 15.9 Å². The Labute approximate surface area is 112 Å². The average Bonchev–Trinajstić information content (AvgIpc) is 2.81. The molecule has 0 aromatic heterocycles. The van der Waals surface area contributed by atoms with Crippen molar-refractivity contribution in [2.24, 2.45) is 11.1 Å². The normalized spacial score (nSPS) is 18.2.